The molecule has 3 aromatic rings. The van der Waals surface area contributed by atoms with Crippen LogP contribution in [0, 0.1) is 0 Å². The first-order valence-electron chi connectivity index (χ1n) is 14.6. The number of carbonyl (C=O) groups excluding carboxylic acids is 3. The van der Waals surface area contributed by atoms with Gasteiger partial charge in [0.05, 0.1) is 0 Å². The SMILES string of the molecule is CC[C@@]1(OC(C)=O)C(=O)OCc2c1cc1n(c2=O)Cc2c-1nc1ccccc1c2C[CH2][Ge]([CH3])([CH3])[CH2]CCNC(=O)C(F)(F)F. The van der Waals surface area contributed by atoms with Crippen molar-refractivity contribution in [3.05, 3.63) is 62.9 Å². The standard InChI is InChI=1S/C31H34F3GeN3O6/c1-5-30(44-18(2)39)23-15-25-26-21(16-38(25)27(40)22(23)17-43-29(30)42)19(20-9-6-7-10-24(20)37-26)11-13-35(3,4)12-8-14-36-28(41)31(32,33)34/h6-7,9-10,15H,5,8,11-14,16-17H2,1-4H3,(H,36,41)/t30-/m0/s1. The van der Waals surface area contributed by atoms with Gasteiger partial charge < -0.3 is 0 Å². The van der Waals surface area contributed by atoms with Gasteiger partial charge in [-0.15, -0.1) is 0 Å². The fourth-order valence-corrected chi connectivity index (χ4v) is 11.1. The van der Waals surface area contributed by atoms with E-state index in [1.807, 2.05) is 29.6 Å². The van der Waals surface area contributed by atoms with E-state index in [0.717, 1.165) is 32.5 Å². The van der Waals surface area contributed by atoms with Gasteiger partial charge in [0.15, 0.2) is 0 Å². The molecule has 1 aromatic carbocycles. The maximum atomic E-state index is 13.9. The average molecular weight is 674 g/mol. The zero-order chi connectivity index (χ0) is 32.0. The summed E-state index contributed by atoms with van der Waals surface area (Å²) in [6, 6.07) is 9.45. The van der Waals surface area contributed by atoms with Crippen molar-refractivity contribution >= 4 is 42.0 Å². The van der Waals surface area contributed by atoms with Crippen LogP contribution >= 0.6 is 0 Å². The maximum absolute atomic E-state index is 13.9. The Labute approximate surface area is 254 Å². The van der Waals surface area contributed by atoms with Gasteiger partial charge in [-0.25, -0.2) is 0 Å². The molecular weight excluding hydrogens is 640 g/mol. The summed E-state index contributed by atoms with van der Waals surface area (Å²) in [6.07, 6.45) is -3.63. The second kappa shape index (κ2) is 11.7. The number of pyridine rings is 2. The summed E-state index contributed by atoms with van der Waals surface area (Å²) in [6.45, 7) is 2.93. The Morgan fingerprint density at radius 1 is 1.16 bits per heavy atom. The van der Waals surface area contributed by atoms with Crippen LogP contribution in [-0.4, -0.2) is 53.4 Å². The third-order valence-electron chi connectivity index (χ3n) is 8.62. The molecule has 2 aromatic heterocycles. The van der Waals surface area contributed by atoms with E-state index in [2.05, 4.69) is 11.5 Å². The van der Waals surface area contributed by atoms with Gasteiger partial charge in [-0.3, -0.25) is 0 Å². The normalized spacial score (nSPS) is 17.5. The van der Waals surface area contributed by atoms with Crippen molar-refractivity contribution in [2.45, 2.75) is 80.1 Å². The monoisotopic (exact) mass is 675 g/mol. The molecule has 0 fully saturated rings. The molecule has 4 heterocycles. The molecule has 0 saturated carbocycles. The minimum atomic E-state index is -4.89. The summed E-state index contributed by atoms with van der Waals surface area (Å²) in [5, 5.41) is 4.58. The molecule has 1 amide bonds. The van der Waals surface area contributed by atoms with Crippen LogP contribution < -0.4 is 10.9 Å². The van der Waals surface area contributed by atoms with E-state index in [0.29, 0.717) is 29.8 Å². The number of hydrogen-bond acceptors (Lipinski definition) is 7. The number of ether oxygens (including phenoxy) is 2. The molecule has 0 bridgehead atoms. The van der Waals surface area contributed by atoms with E-state index >= 15 is 0 Å². The number of cyclic esters (lactones) is 1. The van der Waals surface area contributed by atoms with E-state index in [4.69, 9.17) is 14.5 Å². The molecule has 44 heavy (non-hydrogen) atoms. The molecule has 234 valence electrons. The summed E-state index contributed by atoms with van der Waals surface area (Å²) in [5.41, 5.74) is 2.41. The second-order valence-corrected chi connectivity index (χ2v) is 23.3. The van der Waals surface area contributed by atoms with Crippen LogP contribution in [0.1, 0.15) is 48.9 Å². The van der Waals surface area contributed by atoms with Gasteiger partial charge in [-0.05, 0) is 0 Å². The predicted octanol–water partition coefficient (Wildman–Crippen LogP) is 4.97. The summed E-state index contributed by atoms with van der Waals surface area (Å²) in [4.78, 5) is 55.0. The number of aromatic nitrogens is 2. The van der Waals surface area contributed by atoms with Crippen LogP contribution in [0.2, 0.25) is 22.0 Å². The Morgan fingerprint density at radius 2 is 1.89 bits per heavy atom. The average Bonchev–Trinajstić information content (AvgIpc) is 3.32. The summed E-state index contributed by atoms with van der Waals surface area (Å²) in [7, 11) is 0. The van der Waals surface area contributed by atoms with E-state index in [1.54, 1.807) is 17.6 Å². The van der Waals surface area contributed by atoms with Gasteiger partial charge in [0, 0.05) is 0 Å². The topological polar surface area (TPSA) is 117 Å². The molecular formula is C31H34F3GeN3O6. The molecule has 5 rings (SSSR count). The quantitative estimate of drug-likeness (QED) is 0.152. The zero-order valence-corrected chi connectivity index (χ0v) is 27.1. The first-order chi connectivity index (χ1) is 20.7. The van der Waals surface area contributed by atoms with E-state index < -0.39 is 42.9 Å². The van der Waals surface area contributed by atoms with Crippen LogP contribution in [-0.2, 0) is 49.0 Å². The zero-order valence-electron chi connectivity index (χ0n) is 25.0. The first-order valence-corrected chi connectivity index (χ1v) is 21.7. The molecule has 13 heteroatoms. The molecule has 0 saturated heterocycles. The Balaban J connectivity index is 1.49. The van der Waals surface area contributed by atoms with Crippen molar-refractivity contribution in [1.29, 1.82) is 0 Å². The number of amides is 1. The molecule has 0 radical (unpaired) electrons. The van der Waals surface area contributed by atoms with Crippen molar-refractivity contribution in [3.63, 3.8) is 0 Å². The first kappa shape index (κ1) is 31.7. The second-order valence-electron chi connectivity index (χ2n) is 12.1. The van der Waals surface area contributed by atoms with E-state index in [1.165, 1.54) is 6.92 Å². The van der Waals surface area contributed by atoms with Crippen molar-refractivity contribution in [3.8, 4) is 11.4 Å². The number of para-hydroxylation sites is 1. The van der Waals surface area contributed by atoms with Crippen LogP contribution in [0.3, 0.4) is 0 Å². The Hall–Kier alpha value is -3.68. The third kappa shape index (κ3) is 5.75. The summed E-state index contributed by atoms with van der Waals surface area (Å²) in [5.74, 6) is 1.14. The predicted molar refractivity (Wildman–Crippen MR) is 159 cm³/mol. The van der Waals surface area contributed by atoms with Gasteiger partial charge in [0.2, 0.25) is 0 Å². The molecule has 1 atom stereocenters. The number of esters is 2. The fourth-order valence-electron chi connectivity index (χ4n) is 6.26. The van der Waals surface area contributed by atoms with Crippen molar-refractivity contribution in [2.24, 2.45) is 0 Å². The number of rotatable bonds is 9. The van der Waals surface area contributed by atoms with Crippen molar-refractivity contribution in [1.82, 2.24) is 14.9 Å². The Kier molecular flexibility index (Phi) is 8.42. The number of carbonyl (C=O) groups is 3. The molecule has 9 nitrogen and oxygen atoms in total. The number of halogens is 3. The van der Waals surface area contributed by atoms with Gasteiger partial charge in [-0.2, -0.15) is 0 Å². The van der Waals surface area contributed by atoms with Gasteiger partial charge in [0.25, 0.3) is 0 Å². The van der Waals surface area contributed by atoms with Crippen molar-refractivity contribution < 1.29 is 37.0 Å². The number of hydrogen-bond donors (Lipinski definition) is 1. The Morgan fingerprint density at radius 3 is 2.57 bits per heavy atom. The fraction of sp³-hybridized carbons (Fsp3) is 0.452. The summed E-state index contributed by atoms with van der Waals surface area (Å²) >= 11 is -2.48. The van der Waals surface area contributed by atoms with E-state index in [-0.39, 0.29) is 37.2 Å². The molecule has 2 aliphatic heterocycles. The van der Waals surface area contributed by atoms with Crippen LogP contribution in [0.25, 0.3) is 22.3 Å². The molecule has 0 unspecified atom stereocenters. The van der Waals surface area contributed by atoms with Crippen LogP contribution in [0.5, 0.6) is 0 Å². The third-order valence-corrected chi connectivity index (χ3v) is 15.6. The number of nitrogens with one attached hydrogen (secondary N) is 1. The van der Waals surface area contributed by atoms with Crippen LogP contribution in [0.4, 0.5) is 13.2 Å². The van der Waals surface area contributed by atoms with E-state index in [9.17, 15) is 32.3 Å². The molecule has 0 spiro atoms. The number of alkyl halides is 3. The molecule has 2 aliphatic rings. The number of nitrogens with zero attached hydrogens (tertiary/aromatic N) is 2. The number of fused-ring (bicyclic) bond motifs is 5. The molecule has 1 N–H and O–H groups in total. The summed E-state index contributed by atoms with van der Waals surface area (Å²) < 4.78 is 50.1. The van der Waals surface area contributed by atoms with Gasteiger partial charge in [0.1, 0.15) is 0 Å². The number of benzene rings is 1. The number of aryl methyl sites for hydroxylation is 1. The molecule has 0 aliphatic carbocycles. The van der Waals surface area contributed by atoms with Gasteiger partial charge >= 0.3 is 255 Å². The van der Waals surface area contributed by atoms with Crippen LogP contribution in [0.15, 0.2) is 35.1 Å². The van der Waals surface area contributed by atoms with Crippen molar-refractivity contribution in [2.75, 3.05) is 6.54 Å². The Bertz CT molecular complexity index is 1740. The van der Waals surface area contributed by atoms with Gasteiger partial charge in [-0.1, -0.05) is 0 Å². The minimum absolute atomic E-state index is 0.0255.